The first-order valence-corrected chi connectivity index (χ1v) is 11.3. The summed E-state index contributed by atoms with van der Waals surface area (Å²) in [6.07, 6.45) is 9.26. The molecule has 2 atom stereocenters. The smallest absolute Gasteiger partial charge is 0.193 e. The van der Waals surface area contributed by atoms with Crippen LogP contribution in [0.2, 0.25) is 0 Å². The van der Waals surface area contributed by atoms with Gasteiger partial charge in [0.05, 0.1) is 25.9 Å². The Morgan fingerprint density at radius 1 is 0.964 bits per heavy atom. The molecule has 0 aromatic rings. The van der Waals surface area contributed by atoms with E-state index in [1.165, 1.54) is 32.1 Å². The summed E-state index contributed by atoms with van der Waals surface area (Å²) in [5.74, 6) is 1.02. The van der Waals surface area contributed by atoms with Crippen LogP contribution in [0.15, 0.2) is 4.99 Å². The molecule has 0 aromatic heterocycles. The Bertz CT molecular complexity index is 512. The average Bonchev–Trinajstić information content (AvgIpc) is 3.31. The van der Waals surface area contributed by atoms with E-state index in [1.54, 1.807) is 0 Å². The SMILES string of the molecule is CN=C(NCC1(N2CCOCC2)CCCCC1)N1CCOC(C2CCCO2)C1. The molecule has 28 heavy (non-hydrogen) atoms. The van der Waals surface area contributed by atoms with E-state index in [4.69, 9.17) is 14.2 Å². The van der Waals surface area contributed by atoms with Gasteiger partial charge in [0, 0.05) is 51.9 Å². The maximum Gasteiger partial charge on any atom is 0.193 e. The average molecular weight is 395 g/mol. The highest BCUT2D eigenvalue weighted by Crippen LogP contribution is 2.34. The number of ether oxygens (including phenoxy) is 3. The summed E-state index contributed by atoms with van der Waals surface area (Å²) >= 11 is 0. The lowest BCUT2D eigenvalue weighted by atomic mass is 9.79. The summed E-state index contributed by atoms with van der Waals surface area (Å²) < 4.78 is 17.5. The zero-order chi connectivity index (χ0) is 19.2. The van der Waals surface area contributed by atoms with Crippen LogP contribution in [0.3, 0.4) is 0 Å². The summed E-state index contributed by atoms with van der Waals surface area (Å²) in [5, 5.41) is 3.76. The van der Waals surface area contributed by atoms with Crippen LogP contribution in [0, 0.1) is 0 Å². The molecule has 0 amide bonds. The third-order valence-electron chi connectivity index (χ3n) is 7.03. The monoisotopic (exact) mass is 394 g/mol. The Balaban J connectivity index is 1.37. The van der Waals surface area contributed by atoms with Crippen LogP contribution in [-0.2, 0) is 14.2 Å². The highest BCUT2D eigenvalue weighted by atomic mass is 16.5. The van der Waals surface area contributed by atoms with Gasteiger partial charge in [-0.25, -0.2) is 0 Å². The minimum absolute atomic E-state index is 0.165. The van der Waals surface area contributed by atoms with Crippen LogP contribution >= 0.6 is 0 Å². The minimum Gasteiger partial charge on any atom is -0.379 e. The lowest BCUT2D eigenvalue weighted by Crippen LogP contribution is -2.61. The van der Waals surface area contributed by atoms with Crippen molar-refractivity contribution in [3.8, 4) is 0 Å². The zero-order valence-corrected chi connectivity index (χ0v) is 17.5. The van der Waals surface area contributed by atoms with Gasteiger partial charge in [-0.05, 0) is 25.7 Å². The van der Waals surface area contributed by atoms with Gasteiger partial charge < -0.3 is 24.4 Å². The largest absolute Gasteiger partial charge is 0.379 e. The van der Waals surface area contributed by atoms with Gasteiger partial charge in [0.25, 0.3) is 0 Å². The second-order valence-electron chi connectivity index (χ2n) is 8.69. The number of aliphatic imine (C=N–C) groups is 1. The fraction of sp³-hybridized carbons (Fsp3) is 0.952. The normalized spacial score (nSPS) is 32.5. The molecule has 7 heteroatoms. The van der Waals surface area contributed by atoms with Gasteiger partial charge >= 0.3 is 0 Å². The van der Waals surface area contributed by atoms with E-state index >= 15 is 0 Å². The van der Waals surface area contributed by atoms with Crippen molar-refractivity contribution in [2.45, 2.75) is 62.7 Å². The third-order valence-corrected chi connectivity index (χ3v) is 7.03. The molecule has 1 aliphatic carbocycles. The van der Waals surface area contributed by atoms with Crippen molar-refractivity contribution in [3.05, 3.63) is 0 Å². The van der Waals surface area contributed by atoms with Gasteiger partial charge in [0.15, 0.2) is 5.96 Å². The van der Waals surface area contributed by atoms with Gasteiger partial charge in [0.1, 0.15) is 6.10 Å². The summed E-state index contributed by atoms with van der Waals surface area (Å²) in [5.41, 5.74) is 0.248. The third kappa shape index (κ3) is 4.64. The van der Waals surface area contributed by atoms with Gasteiger partial charge in [-0.3, -0.25) is 9.89 Å². The van der Waals surface area contributed by atoms with E-state index in [2.05, 4.69) is 20.1 Å². The molecule has 1 saturated carbocycles. The molecule has 1 N–H and O–H groups in total. The van der Waals surface area contributed by atoms with Crippen molar-refractivity contribution in [3.63, 3.8) is 0 Å². The minimum atomic E-state index is 0.165. The summed E-state index contributed by atoms with van der Waals surface area (Å²) in [4.78, 5) is 9.68. The Hall–Kier alpha value is -0.890. The zero-order valence-electron chi connectivity index (χ0n) is 17.5. The molecule has 2 unspecified atom stereocenters. The van der Waals surface area contributed by atoms with Crippen molar-refractivity contribution >= 4 is 5.96 Å². The molecule has 0 spiro atoms. The van der Waals surface area contributed by atoms with Crippen molar-refractivity contribution in [1.29, 1.82) is 0 Å². The van der Waals surface area contributed by atoms with Crippen LogP contribution in [0.25, 0.3) is 0 Å². The van der Waals surface area contributed by atoms with Crippen molar-refractivity contribution < 1.29 is 14.2 Å². The van der Waals surface area contributed by atoms with Crippen LogP contribution in [0.5, 0.6) is 0 Å². The van der Waals surface area contributed by atoms with E-state index in [0.717, 1.165) is 78.0 Å². The summed E-state index contributed by atoms with van der Waals surface area (Å²) in [7, 11) is 1.90. The number of hydrogen-bond acceptors (Lipinski definition) is 5. The molecule has 4 aliphatic rings. The van der Waals surface area contributed by atoms with Gasteiger partial charge in [-0.1, -0.05) is 19.3 Å². The first-order valence-electron chi connectivity index (χ1n) is 11.3. The first kappa shape index (κ1) is 20.4. The van der Waals surface area contributed by atoms with Crippen LogP contribution < -0.4 is 5.32 Å². The Kier molecular flexibility index (Phi) is 7.09. The van der Waals surface area contributed by atoms with Crippen molar-refractivity contribution in [2.75, 3.05) is 66.2 Å². The van der Waals surface area contributed by atoms with E-state index in [1.807, 2.05) is 7.05 Å². The standard InChI is InChI=1S/C21H38N4O3/c1-22-20(24-9-15-28-19(16-24)18-6-5-12-27-18)23-17-21(7-3-2-4-8-21)25-10-13-26-14-11-25/h18-19H,2-17H2,1H3,(H,22,23). The number of nitrogens with zero attached hydrogens (tertiary/aromatic N) is 3. The van der Waals surface area contributed by atoms with E-state index in [9.17, 15) is 0 Å². The number of hydrogen-bond donors (Lipinski definition) is 1. The molecule has 0 radical (unpaired) electrons. The first-order chi connectivity index (χ1) is 13.8. The van der Waals surface area contributed by atoms with Gasteiger partial charge in [-0.2, -0.15) is 0 Å². The second-order valence-corrected chi connectivity index (χ2v) is 8.69. The molecule has 160 valence electrons. The lowest BCUT2D eigenvalue weighted by molar-refractivity contribution is -0.0819. The second kappa shape index (κ2) is 9.74. The molecule has 3 heterocycles. The number of morpholine rings is 2. The van der Waals surface area contributed by atoms with E-state index in [0.29, 0.717) is 0 Å². The highest BCUT2D eigenvalue weighted by Gasteiger charge is 2.39. The predicted octanol–water partition coefficient (Wildman–Crippen LogP) is 1.48. The van der Waals surface area contributed by atoms with Crippen molar-refractivity contribution in [2.24, 2.45) is 4.99 Å². The number of rotatable bonds is 4. The molecule has 4 fully saturated rings. The number of guanidine groups is 1. The van der Waals surface area contributed by atoms with E-state index < -0.39 is 0 Å². The Labute approximate surface area is 169 Å². The molecule has 3 aliphatic heterocycles. The van der Waals surface area contributed by atoms with Crippen molar-refractivity contribution in [1.82, 2.24) is 15.1 Å². The van der Waals surface area contributed by atoms with Crippen LogP contribution in [-0.4, -0.2) is 99.7 Å². The maximum absolute atomic E-state index is 6.02. The molecule has 0 aromatic carbocycles. The molecule has 4 rings (SSSR count). The van der Waals surface area contributed by atoms with Crippen LogP contribution in [0.4, 0.5) is 0 Å². The van der Waals surface area contributed by atoms with Gasteiger partial charge in [0.2, 0.25) is 0 Å². The fourth-order valence-corrected chi connectivity index (χ4v) is 5.42. The topological polar surface area (TPSA) is 58.6 Å². The number of nitrogens with one attached hydrogen (secondary N) is 1. The maximum atomic E-state index is 6.02. The van der Waals surface area contributed by atoms with E-state index in [-0.39, 0.29) is 17.7 Å². The molecule has 7 nitrogen and oxygen atoms in total. The quantitative estimate of drug-likeness (QED) is 0.576. The summed E-state index contributed by atoms with van der Waals surface area (Å²) in [6, 6.07) is 0. The predicted molar refractivity (Wildman–Crippen MR) is 110 cm³/mol. The fourth-order valence-electron chi connectivity index (χ4n) is 5.42. The highest BCUT2D eigenvalue weighted by molar-refractivity contribution is 5.80. The summed E-state index contributed by atoms with van der Waals surface area (Å²) in [6.45, 7) is 8.20. The molecular weight excluding hydrogens is 356 g/mol. The Morgan fingerprint density at radius 2 is 1.75 bits per heavy atom. The molecule has 3 saturated heterocycles. The molecule has 0 bridgehead atoms. The Morgan fingerprint density at radius 3 is 2.46 bits per heavy atom. The van der Waals surface area contributed by atoms with Gasteiger partial charge in [-0.15, -0.1) is 0 Å². The molecular formula is C21H38N4O3. The van der Waals surface area contributed by atoms with Crippen LogP contribution in [0.1, 0.15) is 44.9 Å². The lowest BCUT2D eigenvalue weighted by Gasteiger charge is -2.48.